The van der Waals surface area contributed by atoms with Crippen molar-refractivity contribution in [3.8, 4) is 0 Å². The second-order valence-corrected chi connectivity index (χ2v) is 5.10. The van der Waals surface area contributed by atoms with Gasteiger partial charge in [0, 0.05) is 18.9 Å². The van der Waals surface area contributed by atoms with Crippen molar-refractivity contribution in [2.45, 2.75) is 19.8 Å². The van der Waals surface area contributed by atoms with Crippen LogP contribution in [0, 0.1) is 0 Å². The third kappa shape index (κ3) is 3.28. The molecule has 0 aliphatic carbocycles. The lowest BCUT2D eigenvalue weighted by atomic mass is 10.0. The molecule has 0 saturated heterocycles. The van der Waals surface area contributed by atoms with Crippen LogP contribution in [0.2, 0.25) is 0 Å². The van der Waals surface area contributed by atoms with Crippen molar-refractivity contribution in [2.75, 3.05) is 5.32 Å². The van der Waals surface area contributed by atoms with Crippen molar-refractivity contribution in [1.29, 1.82) is 0 Å². The van der Waals surface area contributed by atoms with E-state index in [-0.39, 0.29) is 11.3 Å². The highest BCUT2D eigenvalue weighted by atomic mass is 16.4. The molecule has 6 nitrogen and oxygen atoms in total. The van der Waals surface area contributed by atoms with E-state index in [1.807, 2.05) is 12.1 Å². The summed E-state index contributed by atoms with van der Waals surface area (Å²) in [7, 11) is 1.57. The number of aromatic carboxylic acids is 1. The molecule has 0 spiro atoms. The van der Waals surface area contributed by atoms with Crippen LogP contribution < -0.4 is 5.32 Å². The molecule has 0 bridgehead atoms. The number of carboxylic acid groups (broad SMARTS) is 1. The zero-order valence-electron chi connectivity index (χ0n) is 12.1. The number of carbonyl (C=O) groups excluding carboxylic acids is 1. The molecule has 2 aromatic rings. The number of nitrogens with one attached hydrogen (secondary N) is 1. The minimum Gasteiger partial charge on any atom is -0.478 e. The zero-order valence-corrected chi connectivity index (χ0v) is 12.1. The van der Waals surface area contributed by atoms with Crippen LogP contribution in [0.15, 0.2) is 30.5 Å². The van der Waals surface area contributed by atoms with E-state index in [0.29, 0.717) is 11.6 Å². The van der Waals surface area contributed by atoms with E-state index in [4.69, 9.17) is 5.11 Å². The van der Waals surface area contributed by atoms with Crippen molar-refractivity contribution in [2.24, 2.45) is 7.05 Å². The molecule has 21 heavy (non-hydrogen) atoms. The van der Waals surface area contributed by atoms with Crippen LogP contribution in [-0.4, -0.2) is 26.8 Å². The summed E-state index contributed by atoms with van der Waals surface area (Å²) in [6.45, 7) is 4.17. The van der Waals surface area contributed by atoms with Gasteiger partial charge in [-0.1, -0.05) is 26.0 Å². The lowest BCUT2D eigenvalue weighted by Crippen LogP contribution is -2.16. The van der Waals surface area contributed by atoms with E-state index >= 15 is 0 Å². The minimum absolute atomic E-state index is 0.0991. The normalized spacial score (nSPS) is 10.7. The molecule has 0 saturated carbocycles. The highest BCUT2D eigenvalue weighted by Gasteiger charge is 2.21. The predicted molar refractivity (Wildman–Crippen MR) is 78.7 cm³/mol. The van der Waals surface area contributed by atoms with Gasteiger partial charge >= 0.3 is 5.97 Å². The highest BCUT2D eigenvalue weighted by Crippen LogP contribution is 2.18. The number of aryl methyl sites for hydroxylation is 1. The third-order valence-corrected chi connectivity index (χ3v) is 3.11. The Bertz CT molecular complexity index is 672. The number of nitrogens with zero attached hydrogens (tertiary/aromatic N) is 2. The van der Waals surface area contributed by atoms with Crippen molar-refractivity contribution >= 4 is 17.6 Å². The Labute approximate surface area is 122 Å². The van der Waals surface area contributed by atoms with Gasteiger partial charge in [-0.3, -0.25) is 9.48 Å². The second kappa shape index (κ2) is 5.78. The van der Waals surface area contributed by atoms with Gasteiger partial charge < -0.3 is 10.4 Å². The summed E-state index contributed by atoms with van der Waals surface area (Å²) >= 11 is 0. The third-order valence-electron chi connectivity index (χ3n) is 3.11. The molecule has 0 fully saturated rings. The molecule has 0 aliphatic heterocycles. The van der Waals surface area contributed by atoms with E-state index < -0.39 is 11.9 Å². The van der Waals surface area contributed by atoms with Crippen LogP contribution in [0.3, 0.4) is 0 Å². The quantitative estimate of drug-likeness (QED) is 0.904. The molecule has 2 rings (SSSR count). The number of hydrogen-bond donors (Lipinski definition) is 2. The number of benzene rings is 1. The molecule has 1 amide bonds. The summed E-state index contributed by atoms with van der Waals surface area (Å²) in [5.41, 5.74) is 1.55. The molecule has 2 N–H and O–H groups in total. The van der Waals surface area contributed by atoms with E-state index in [9.17, 15) is 9.59 Å². The maximum Gasteiger partial charge on any atom is 0.339 e. The average Bonchev–Trinajstić information content (AvgIpc) is 2.82. The van der Waals surface area contributed by atoms with Gasteiger partial charge in [-0.15, -0.1) is 0 Å². The molecule has 0 atom stereocenters. The van der Waals surface area contributed by atoms with Crippen LogP contribution >= 0.6 is 0 Å². The van der Waals surface area contributed by atoms with Gasteiger partial charge in [-0.05, 0) is 23.6 Å². The first kappa shape index (κ1) is 14.8. The number of hydrogen-bond acceptors (Lipinski definition) is 3. The fraction of sp³-hybridized carbons (Fsp3) is 0.267. The van der Waals surface area contributed by atoms with Crippen LogP contribution in [0.1, 0.15) is 46.2 Å². The van der Waals surface area contributed by atoms with Gasteiger partial charge in [-0.2, -0.15) is 5.10 Å². The maximum atomic E-state index is 12.1. The SMILES string of the molecule is CC(C)c1ccc(NC(=O)c2nn(C)cc2C(=O)O)cc1. The van der Waals surface area contributed by atoms with Crippen LogP contribution in [-0.2, 0) is 7.05 Å². The van der Waals surface area contributed by atoms with Crippen LogP contribution in [0.5, 0.6) is 0 Å². The Balaban J connectivity index is 2.20. The van der Waals surface area contributed by atoms with Crippen LogP contribution in [0.4, 0.5) is 5.69 Å². The Morgan fingerprint density at radius 3 is 2.38 bits per heavy atom. The predicted octanol–water partition coefficient (Wildman–Crippen LogP) is 2.49. The number of amides is 1. The van der Waals surface area contributed by atoms with Gasteiger partial charge in [0.05, 0.1) is 0 Å². The Hall–Kier alpha value is -2.63. The van der Waals surface area contributed by atoms with Gasteiger partial charge in [0.15, 0.2) is 5.69 Å². The molecule has 0 radical (unpaired) electrons. The van der Waals surface area contributed by atoms with Crippen molar-refractivity contribution in [3.05, 3.63) is 47.3 Å². The lowest BCUT2D eigenvalue weighted by Gasteiger charge is -2.07. The summed E-state index contributed by atoms with van der Waals surface area (Å²) in [6.07, 6.45) is 1.30. The lowest BCUT2D eigenvalue weighted by molar-refractivity contribution is 0.0692. The zero-order chi connectivity index (χ0) is 15.6. The molecule has 110 valence electrons. The topological polar surface area (TPSA) is 84.2 Å². The van der Waals surface area contributed by atoms with Gasteiger partial charge in [0.2, 0.25) is 0 Å². The molecule has 1 aromatic carbocycles. The highest BCUT2D eigenvalue weighted by molar-refractivity contribution is 6.09. The fourth-order valence-corrected chi connectivity index (χ4v) is 1.95. The monoisotopic (exact) mass is 287 g/mol. The molecule has 1 aromatic heterocycles. The minimum atomic E-state index is -1.18. The first-order valence-electron chi connectivity index (χ1n) is 6.56. The summed E-state index contributed by atoms with van der Waals surface area (Å²) in [5.74, 6) is -1.31. The van der Waals surface area contributed by atoms with E-state index in [2.05, 4.69) is 24.3 Å². The number of carboxylic acids is 1. The molecule has 0 unspecified atom stereocenters. The number of rotatable bonds is 4. The maximum absolute atomic E-state index is 12.1. The smallest absolute Gasteiger partial charge is 0.339 e. The molecular weight excluding hydrogens is 270 g/mol. The molecule has 1 heterocycles. The standard InChI is InChI=1S/C15H17N3O3/c1-9(2)10-4-6-11(7-5-10)16-14(19)13-12(15(20)21)8-18(3)17-13/h4-9H,1-3H3,(H,16,19)(H,20,21). The fourth-order valence-electron chi connectivity index (χ4n) is 1.95. The second-order valence-electron chi connectivity index (χ2n) is 5.10. The molecule has 0 aliphatic rings. The number of anilines is 1. The van der Waals surface area contributed by atoms with Gasteiger partial charge in [0.1, 0.15) is 5.56 Å². The molecule has 6 heteroatoms. The summed E-state index contributed by atoms with van der Waals surface area (Å²) in [6, 6.07) is 7.43. The molecular formula is C15H17N3O3. The first-order valence-corrected chi connectivity index (χ1v) is 6.56. The first-order chi connectivity index (χ1) is 9.88. The van der Waals surface area contributed by atoms with E-state index in [1.165, 1.54) is 10.9 Å². The Morgan fingerprint density at radius 1 is 1.24 bits per heavy atom. The van der Waals surface area contributed by atoms with Gasteiger partial charge in [-0.25, -0.2) is 4.79 Å². The Morgan fingerprint density at radius 2 is 1.86 bits per heavy atom. The van der Waals surface area contributed by atoms with Crippen molar-refractivity contribution in [1.82, 2.24) is 9.78 Å². The van der Waals surface area contributed by atoms with E-state index in [0.717, 1.165) is 5.56 Å². The summed E-state index contributed by atoms with van der Waals surface area (Å²) in [5, 5.41) is 15.6. The largest absolute Gasteiger partial charge is 0.478 e. The number of aromatic nitrogens is 2. The van der Waals surface area contributed by atoms with Crippen molar-refractivity contribution < 1.29 is 14.7 Å². The summed E-state index contributed by atoms with van der Waals surface area (Å²) in [4.78, 5) is 23.2. The van der Waals surface area contributed by atoms with Crippen LogP contribution in [0.25, 0.3) is 0 Å². The van der Waals surface area contributed by atoms with Crippen molar-refractivity contribution in [3.63, 3.8) is 0 Å². The van der Waals surface area contributed by atoms with Gasteiger partial charge in [0.25, 0.3) is 5.91 Å². The number of carbonyl (C=O) groups is 2. The van der Waals surface area contributed by atoms with E-state index in [1.54, 1.807) is 19.2 Å². The summed E-state index contributed by atoms with van der Waals surface area (Å²) < 4.78 is 1.31. The Kier molecular flexibility index (Phi) is 4.07. The average molecular weight is 287 g/mol.